The van der Waals surface area contributed by atoms with Gasteiger partial charge in [0.2, 0.25) is 0 Å². The number of ether oxygens (including phenoxy) is 1. The van der Waals surface area contributed by atoms with Gasteiger partial charge in [0.05, 0.1) is 18.6 Å². The smallest absolute Gasteiger partial charge is 0.276 e. The monoisotopic (exact) mass is 306 g/mol. The van der Waals surface area contributed by atoms with Gasteiger partial charge in [-0.3, -0.25) is 9.36 Å². The van der Waals surface area contributed by atoms with Crippen LogP contribution < -0.4 is 10.5 Å². The highest BCUT2D eigenvalue weighted by Gasteiger charge is 2.29. The van der Waals surface area contributed by atoms with Crippen LogP contribution >= 0.6 is 11.6 Å². The molecule has 2 fully saturated rings. The summed E-state index contributed by atoms with van der Waals surface area (Å²) in [7, 11) is 0. The molecule has 0 atom stereocenters. The number of nitrogens with zero attached hydrogens (tertiary/aromatic N) is 4. The van der Waals surface area contributed by atoms with Gasteiger partial charge >= 0.3 is 0 Å². The molecule has 2 aliphatic rings. The number of fused-ring (bicyclic) bond motifs is 1. The van der Waals surface area contributed by atoms with E-state index in [4.69, 9.17) is 16.3 Å². The maximum Gasteiger partial charge on any atom is 0.276 e. The summed E-state index contributed by atoms with van der Waals surface area (Å²) in [5, 5.41) is 1.14. The molecule has 1 saturated heterocycles. The van der Waals surface area contributed by atoms with Crippen molar-refractivity contribution in [2.45, 2.75) is 18.9 Å². The zero-order valence-electron chi connectivity index (χ0n) is 11.5. The summed E-state index contributed by atoms with van der Waals surface area (Å²) in [5.41, 5.74) is 1.33. The minimum atomic E-state index is 0.0154. The zero-order valence-corrected chi connectivity index (χ0v) is 12.2. The van der Waals surface area contributed by atoms with Gasteiger partial charge in [0.1, 0.15) is 22.8 Å². The Bertz CT molecular complexity index is 750. The lowest BCUT2D eigenvalue weighted by Gasteiger charge is -2.29. The minimum Gasteiger partial charge on any atom is -0.378 e. The van der Waals surface area contributed by atoms with E-state index in [0.29, 0.717) is 29.7 Å². The Morgan fingerprint density at radius 1 is 1.24 bits per heavy atom. The third kappa shape index (κ3) is 2.18. The summed E-state index contributed by atoms with van der Waals surface area (Å²) in [5.74, 6) is 0. The van der Waals surface area contributed by atoms with Crippen molar-refractivity contribution in [3.05, 3.63) is 27.9 Å². The van der Waals surface area contributed by atoms with E-state index in [-0.39, 0.29) is 11.6 Å². The Morgan fingerprint density at radius 2 is 2.00 bits per heavy atom. The predicted octanol–water partition coefficient (Wildman–Crippen LogP) is 1.62. The van der Waals surface area contributed by atoms with Crippen LogP contribution in [0.15, 0.2) is 17.2 Å². The van der Waals surface area contributed by atoms with Crippen LogP contribution in [0.2, 0.25) is 5.15 Å². The molecule has 0 spiro atoms. The van der Waals surface area contributed by atoms with Gasteiger partial charge in [0.15, 0.2) is 0 Å². The number of pyridine rings is 1. The molecule has 1 saturated carbocycles. The number of rotatable bonds is 2. The first-order valence-electron chi connectivity index (χ1n) is 7.14. The van der Waals surface area contributed by atoms with E-state index in [1.54, 1.807) is 4.57 Å². The highest BCUT2D eigenvalue weighted by molar-refractivity contribution is 6.34. The van der Waals surface area contributed by atoms with E-state index in [0.717, 1.165) is 31.3 Å². The fourth-order valence-electron chi connectivity index (χ4n) is 2.80. The van der Waals surface area contributed by atoms with E-state index in [9.17, 15) is 4.79 Å². The number of anilines is 1. The summed E-state index contributed by atoms with van der Waals surface area (Å²) < 4.78 is 7.15. The Morgan fingerprint density at radius 3 is 2.71 bits per heavy atom. The maximum absolute atomic E-state index is 12.9. The van der Waals surface area contributed by atoms with Crippen LogP contribution in [0.25, 0.3) is 11.0 Å². The van der Waals surface area contributed by atoms with Crippen molar-refractivity contribution in [1.82, 2.24) is 14.5 Å². The summed E-state index contributed by atoms with van der Waals surface area (Å²) in [6.07, 6.45) is 3.45. The lowest BCUT2D eigenvalue weighted by Crippen LogP contribution is -2.40. The van der Waals surface area contributed by atoms with Gasteiger partial charge in [-0.2, -0.15) is 0 Å². The Hall–Kier alpha value is -1.66. The van der Waals surface area contributed by atoms with Crippen molar-refractivity contribution in [3.63, 3.8) is 0 Å². The van der Waals surface area contributed by atoms with Crippen LogP contribution in [0.5, 0.6) is 0 Å². The van der Waals surface area contributed by atoms with Gasteiger partial charge in [-0.05, 0) is 18.9 Å². The molecule has 110 valence electrons. The molecule has 7 heteroatoms. The Balaban J connectivity index is 1.96. The van der Waals surface area contributed by atoms with E-state index < -0.39 is 0 Å². The van der Waals surface area contributed by atoms with Gasteiger partial charge in [0.25, 0.3) is 5.56 Å². The molecule has 0 bridgehead atoms. The highest BCUT2D eigenvalue weighted by Crippen LogP contribution is 2.37. The Labute approximate surface area is 126 Å². The second-order valence-electron chi connectivity index (χ2n) is 5.44. The fourth-order valence-corrected chi connectivity index (χ4v) is 2.98. The van der Waals surface area contributed by atoms with Crippen LogP contribution in [0.1, 0.15) is 18.9 Å². The van der Waals surface area contributed by atoms with E-state index in [1.165, 1.54) is 6.33 Å². The molecule has 21 heavy (non-hydrogen) atoms. The molecule has 0 amide bonds. The largest absolute Gasteiger partial charge is 0.378 e. The van der Waals surface area contributed by atoms with Gasteiger partial charge < -0.3 is 9.64 Å². The van der Waals surface area contributed by atoms with Crippen molar-refractivity contribution in [3.8, 4) is 0 Å². The number of hydrogen-bond acceptors (Lipinski definition) is 5. The van der Waals surface area contributed by atoms with Gasteiger partial charge in [-0.15, -0.1) is 0 Å². The molecule has 1 aliphatic carbocycles. The average molecular weight is 307 g/mol. The standard InChI is InChI=1S/C14H15ClN4O2/c15-12-10-7-11(18-3-5-21-6-4-18)14(20)19(9-1-2-9)13(10)17-8-16-12/h7-9H,1-6H2. The molecule has 2 aromatic heterocycles. The molecular formula is C14H15ClN4O2. The minimum absolute atomic E-state index is 0.0154. The Kier molecular flexibility index (Phi) is 3.08. The van der Waals surface area contributed by atoms with E-state index >= 15 is 0 Å². The van der Waals surface area contributed by atoms with Crippen LogP contribution in [-0.2, 0) is 4.74 Å². The van der Waals surface area contributed by atoms with Crippen molar-refractivity contribution in [2.75, 3.05) is 31.2 Å². The third-order valence-corrected chi connectivity index (χ3v) is 4.33. The van der Waals surface area contributed by atoms with Crippen molar-refractivity contribution < 1.29 is 4.74 Å². The summed E-state index contributed by atoms with van der Waals surface area (Å²) in [6.45, 7) is 2.72. The number of aromatic nitrogens is 3. The first-order valence-corrected chi connectivity index (χ1v) is 7.52. The number of halogens is 1. The van der Waals surface area contributed by atoms with E-state index in [1.807, 2.05) is 6.07 Å². The molecule has 0 aromatic carbocycles. The molecule has 0 unspecified atom stereocenters. The van der Waals surface area contributed by atoms with Gasteiger partial charge in [-0.1, -0.05) is 11.6 Å². The summed E-state index contributed by atoms with van der Waals surface area (Å²) >= 11 is 6.21. The molecule has 4 rings (SSSR count). The van der Waals surface area contributed by atoms with Crippen LogP contribution in [0.4, 0.5) is 5.69 Å². The van der Waals surface area contributed by atoms with E-state index in [2.05, 4.69) is 14.9 Å². The molecule has 1 aliphatic heterocycles. The molecule has 0 N–H and O–H groups in total. The van der Waals surface area contributed by atoms with Gasteiger partial charge in [0, 0.05) is 19.1 Å². The van der Waals surface area contributed by atoms with Crippen LogP contribution in [0, 0.1) is 0 Å². The van der Waals surface area contributed by atoms with Crippen molar-refractivity contribution in [1.29, 1.82) is 0 Å². The second kappa shape index (κ2) is 4.96. The molecule has 6 nitrogen and oxygen atoms in total. The maximum atomic E-state index is 12.9. The summed E-state index contributed by atoms with van der Waals surface area (Å²) in [6, 6.07) is 2.07. The highest BCUT2D eigenvalue weighted by atomic mass is 35.5. The van der Waals surface area contributed by atoms with Crippen molar-refractivity contribution >= 4 is 28.3 Å². The quantitative estimate of drug-likeness (QED) is 0.789. The fraction of sp³-hybridized carbons (Fsp3) is 0.500. The predicted molar refractivity (Wildman–Crippen MR) is 80.1 cm³/mol. The first-order chi connectivity index (χ1) is 10.3. The summed E-state index contributed by atoms with van der Waals surface area (Å²) in [4.78, 5) is 23.2. The van der Waals surface area contributed by atoms with Crippen molar-refractivity contribution in [2.24, 2.45) is 0 Å². The molecule has 2 aromatic rings. The molecule has 3 heterocycles. The zero-order chi connectivity index (χ0) is 14.4. The van der Waals surface area contributed by atoms with Crippen LogP contribution in [0.3, 0.4) is 0 Å². The SMILES string of the molecule is O=c1c(N2CCOCC2)cc2c(Cl)ncnc2n1C1CC1. The second-order valence-corrected chi connectivity index (χ2v) is 5.80. The lowest BCUT2D eigenvalue weighted by atomic mass is 10.2. The normalized spacial score (nSPS) is 19.2. The lowest BCUT2D eigenvalue weighted by molar-refractivity contribution is 0.122. The third-order valence-electron chi connectivity index (χ3n) is 4.03. The number of morpholine rings is 1. The molecular weight excluding hydrogens is 292 g/mol. The first kappa shape index (κ1) is 13.0. The van der Waals surface area contributed by atoms with Crippen LogP contribution in [-0.4, -0.2) is 40.8 Å². The average Bonchev–Trinajstić information content (AvgIpc) is 3.32. The molecule has 0 radical (unpaired) electrons. The van der Waals surface area contributed by atoms with Gasteiger partial charge in [-0.25, -0.2) is 9.97 Å². The number of hydrogen-bond donors (Lipinski definition) is 0. The topological polar surface area (TPSA) is 60.3 Å².